The van der Waals surface area contributed by atoms with E-state index in [1.54, 1.807) is 0 Å². The summed E-state index contributed by atoms with van der Waals surface area (Å²) < 4.78 is 6.41. The monoisotopic (exact) mass is 371 g/mol. The second-order valence-corrected chi connectivity index (χ2v) is 22.6. The minimum atomic E-state index is -1.93. The number of rotatable bonds is 3. The summed E-state index contributed by atoms with van der Waals surface area (Å²) in [5.41, 5.74) is 1.63. The third-order valence-electron chi connectivity index (χ3n) is 2.37. The van der Waals surface area contributed by atoms with E-state index in [9.17, 15) is 4.79 Å². The van der Waals surface area contributed by atoms with Gasteiger partial charge >= 0.3 is 120 Å². The van der Waals surface area contributed by atoms with Crippen LogP contribution >= 0.6 is 0 Å². The molecule has 0 aliphatic rings. The van der Waals surface area contributed by atoms with Gasteiger partial charge in [-0.25, -0.2) is 0 Å². The number of ether oxygens (including phenoxy) is 1. The Kier molecular flexibility index (Phi) is 5.30. The normalized spacial score (nSPS) is 12.1. The molecule has 1 N–H and O–H groups in total. The maximum atomic E-state index is 11.8. The fourth-order valence-electron chi connectivity index (χ4n) is 1.78. The zero-order valence-electron chi connectivity index (χ0n) is 12.8. The Labute approximate surface area is 120 Å². The number of benzene rings is 1. The van der Waals surface area contributed by atoms with Crippen molar-refractivity contribution < 1.29 is 9.53 Å². The Morgan fingerprint density at radius 3 is 2.32 bits per heavy atom. The van der Waals surface area contributed by atoms with E-state index in [4.69, 9.17) is 4.74 Å². The van der Waals surface area contributed by atoms with Crippen molar-refractivity contribution in [2.24, 2.45) is 0 Å². The molecular weight excluding hydrogens is 345 g/mol. The first-order chi connectivity index (χ1) is 8.57. The van der Waals surface area contributed by atoms with Gasteiger partial charge in [-0.3, -0.25) is 0 Å². The molecule has 1 rings (SSSR count). The summed E-state index contributed by atoms with van der Waals surface area (Å²) >= 11 is -1.93. The van der Waals surface area contributed by atoms with E-state index in [1.165, 1.54) is 5.56 Å². The number of nitrogens with one attached hydrogen (secondary N) is 1. The Bertz CT molecular complexity index is 444. The molecule has 106 valence electrons. The molecule has 0 bridgehead atoms. The van der Waals surface area contributed by atoms with Crippen LogP contribution in [0, 0.1) is 0 Å². The van der Waals surface area contributed by atoms with Crippen molar-refractivity contribution in [3.63, 3.8) is 0 Å². The van der Waals surface area contributed by atoms with Crippen LogP contribution in [0.15, 0.2) is 24.3 Å². The van der Waals surface area contributed by atoms with Crippen molar-refractivity contribution in [1.82, 2.24) is 0 Å². The molecule has 4 heteroatoms. The molecule has 0 saturated heterocycles. The molecule has 0 radical (unpaired) electrons. The topological polar surface area (TPSA) is 38.3 Å². The van der Waals surface area contributed by atoms with E-state index in [-0.39, 0.29) is 6.09 Å². The standard InChI is InChI=1S/C12H16NO2.3CH3.Sn/c1-9-7-5-6-8-10(9)13-11(14)15-12(2,3)4;;;;/h5-8H,1H2,2-4H3,(H,13,14);3*1H3;. The summed E-state index contributed by atoms with van der Waals surface area (Å²) in [5, 5.41) is 2.86. The van der Waals surface area contributed by atoms with Crippen molar-refractivity contribution >= 4 is 30.2 Å². The van der Waals surface area contributed by atoms with Gasteiger partial charge in [-0.2, -0.15) is 0 Å². The van der Waals surface area contributed by atoms with E-state index in [0.717, 1.165) is 10.1 Å². The number of carbonyl (C=O) groups excluding carboxylic acids is 1. The van der Waals surface area contributed by atoms with Crippen LogP contribution in [0.2, 0.25) is 14.8 Å². The molecule has 0 aliphatic heterocycles. The molecule has 0 spiro atoms. The van der Waals surface area contributed by atoms with Crippen LogP contribution in [0.3, 0.4) is 0 Å². The predicted octanol–water partition coefficient (Wildman–Crippen LogP) is 4.45. The van der Waals surface area contributed by atoms with Gasteiger partial charge in [0.25, 0.3) is 0 Å². The van der Waals surface area contributed by atoms with Gasteiger partial charge in [0.2, 0.25) is 0 Å². The second-order valence-electron chi connectivity index (χ2n) is 7.02. The quantitative estimate of drug-likeness (QED) is 0.799. The molecule has 1 amide bonds. The average molecular weight is 370 g/mol. The van der Waals surface area contributed by atoms with Crippen LogP contribution in [0.4, 0.5) is 10.5 Å². The molecule has 0 atom stereocenters. The van der Waals surface area contributed by atoms with Crippen molar-refractivity contribution in [3.05, 3.63) is 29.8 Å². The Morgan fingerprint density at radius 2 is 1.79 bits per heavy atom. The van der Waals surface area contributed by atoms with Crippen molar-refractivity contribution in [3.8, 4) is 0 Å². The van der Waals surface area contributed by atoms with Crippen LogP contribution < -0.4 is 5.32 Å². The fourth-order valence-corrected chi connectivity index (χ4v) is 5.92. The first-order valence-corrected chi connectivity index (χ1v) is 17.2. The summed E-state index contributed by atoms with van der Waals surface area (Å²) in [6.07, 6.45) is -0.385. The molecule has 0 aliphatic carbocycles. The SMILES string of the molecule is CC(C)(C)OC(=O)Nc1ccccc1[CH2][Sn]([CH3])([CH3])[CH3]. The van der Waals surface area contributed by atoms with Gasteiger partial charge in [-0.05, 0) is 0 Å². The van der Waals surface area contributed by atoms with Gasteiger partial charge in [-0.15, -0.1) is 0 Å². The van der Waals surface area contributed by atoms with Gasteiger partial charge in [0.15, 0.2) is 0 Å². The number of amides is 1. The number of para-hydroxylation sites is 1. The van der Waals surface area contributed by atoms with E-state index in [0.29, 0.717) is 0 Å². The zero-order valence-corrected chi connectivity index (χ0v) is 15.7. The van der Waals surface area contributed by atoms with E-state index in [2.05, 4.69) is 26.2 Å². The molecule has 0 fully saturated rings. The summed E-state index contributed by atoms with van der Waals surface area (Å²) in [6, 6.07) is 7.99. The Morgan fingerprint density at radius 1 is 1.21 bits per heavy atom. The predicted molar refractivity (Wildman–Crippen MR) is 83.3 cm³/mol. The first kappa shape index (κ1) is 16.3. The molecule has 1 aromatic rings. The number of hydrogen-bond donors (Lipinski definition) is 1. The van der Waals surface area contributed by atoms with Crippen LogP contribution in [0.1, 0.15) is 26.3 Å². The summed E-state index contributed by atoms with van der Waals surface area (Å²) in [4.78, 5) is 19.0. The Balaban J connectivity index is 2.81. The van der Waals surface area contributed by atoms with Crippen molar-refractivity contribution in [2.45, 2.75) is 45.6 Å². The molecule has 0 unspecified atom stereocenters. The summed E-state index contributed by atoms with van der Waals surface area (Å²) in [5.74, 6) is 0. The Hall–Kier alpha value is -0.711. The first-order valence-electron chi connectivity index (χ1n) is 6.65. The number of hydrogen-bond acceptors (Lipinski definition) is 2. The summed E-state index contributed by atoms with van der Waals surface area (Å²) in [6.45, 7) is 5.60. The van der Waals surface area contributed by atoms with Gasteiger partial charge in [0, 0.05) is 0 Å². The molecular formula is C15H25NO2Sn. The van der Waals surface area contributed by atoms with Crippen LogP contribution in [0.25, 0.3) is 0 Å². The molecule has 0 heterocycles. The van der Waals surface area contributed by atoms with E-state index in [1.807, 2.05) is 39.0 Å². The van der Waals surface area contributed by atoms with Crippen LogP contribution in [0.5, 0.6) is 0 Å². The van der Waals surface area contributed by atoms with Gasteiger partial charge in [0.1, 0.15) is 0 Å². The van der Waals surface area contributed by atoms with Crippen molar-refractivity contribution in [2.75, 3.05) is 5.32 Å². The minimum absolute atomic E-state index is 0.385. The third kappa shape index (κ3) is 6.85. The van der Waals surface area contributed by atoms with Gasteiger partial charge in [-0.1, -0.05) is 0 Å². The maximum absolute atomic E-state index is 11.8. The third-order valence-corrected chi connectivity index (χ3v) is 6.49. The molecule has 0 aromatic heterocycles. The number of anilines is 1. The molecule has 19 heavy (non-hydrogen) atoms. The summed E-state index contributed by atoms with van der Waals surface area (Å²) in [7, 11) is 0. The molecule has 3 nitrogen and oxygen atoms in total. The van der Waals surface area contributed by atoms with Crippen molar-refractivity contribution in [1.29, 1.82) is 0 Å². The fraction of sp³-hybridized carbons (Fsp3) is 0.533. The van der Waals surface area contributed by atoms with Gasteiger partial charge in [0.05, 0.1) is 0 Å². The molecule has 0 saturated carbocycles. The van der Waals surface area contributed by atoms with Crippen LogP contribution in [-0.2, 0) is 9.17 Å². The van der Waals surface area contributed by atoms with Gasteiger partial charge < -0.3 is 0 Å². The van der Waals surface area contributed by atoms with E-state index >= 15 is 0 Å². The number of carbonyl (C=O) groups is 1. The second kappa shape index (κ2) is 6.16. The van der Waals surface area contributed by atoms with E-state index < -0.39 is 24.0 Å². The van der Waals surface area contributed by atoms with Crippen LogP contribution in [-0.4, -0.2) is 30.1 Å². The molecule has 1 aromatic carbocycles. The average Bonchev–Trinajstić information content (AvgIpc) is 2.15. The zero-order chi connectivity index (χ0) is 14.7.